The van der Waals surface area contributed by atoms with Crippen LogP contribution < -0.4 is 5.73 Å². The zero-order valence-corrected chi connectivity index (χ0v) is 14.9. The van der Waals surface area contributed by atoms with Crippen LogP contribution in [0.3, 0.4) is 0 Å². The molecular formula is C18H17N3OS2. The van der Waals surface area contributed by atoms with Gasteiger partial charge in [-0.2, -0.15) is 5.26 Å². The molecule has 0 radical (unpaired) electrons. The Labute approximate surface area is 149 Å². The van der Waals surface area contributed by atoms with Crippen molar-refractivity contribution in [1.82, 2.24) is 4.90 Å². The number of thioether (sulfide) groups is 1. The van der Waals surface area contributed by atoms with E-state index >= 15 is 0 Å². The second kappa shape index (κ2) is 6.17. The summed E-state index contributed by atoms with van der Waals surface area (Å²) in [5, 5.41) is 13.8. The van der Waals surface area contributed by atoms with E-state index in [-0.39, 0.29) is 11.8 Å². The van der Waals surface area contributed by atoms with Crippen molar-refractivity contribution in [2.24, 2.45) is 5.73 Å². The average molecular weight is 355 g/mol. The Bertz CT molecular complexity index is 830. The first-order valence-electron chi connectivity index (χ1n) is 7.75. The molecule has 0 aliphatic carbocycles. The van der Waals surface area contributed by atoms with Gasteiger partial charge in [0.2, 0.25) is 5.88 Å². The summed E-state index contributed by atoms with van der Waals surface area (Å²) in [7, 11) is 2.11. The molecule has 6 heteroatoms. The predicted octanol–water partition coefficient (Wildman–Crippen LogP) is 3.66. The van der Waals surface area contributed by atoms with E-state index in [0.29, 0.717) is 5.57 Å². The molecule has 0 fully saturated rings. The molecular weight excluding hydrogens is 338 g/mol. The molecule has 0 aromatic carbocycles. The van der Waals surface area contributed by atoms with Crippen molar-refractivity contribution in [3.05, 3.63) is 67.1 Å². The van der Waals surface area contributed by atoms with Crippen molar-refractivity contribution >= 4 is 23.1 Å². The molecule has 1 aromatic rings. The number of nitrogens with zero attached hydrogens (tertiary/aromatic N) is 2. The van der Waals surface area contributed by atoms with E-state index in [0.717, 1.165) is 35.7 Å². The van der Waals surface area contributed by atoms with Gasteiger partial charge in [0.1, 0.15) is 17.4 Å². The molecule has 1 unspecified atom stereocenters. The van der Waals surface area contributed by atoms with E-state index in [1.165, 1.54) is 10.5 Å². The number of hydrogen-bond acceptors (Lipinski definition) is 6. The first-order valence-corrected chi connectivity index (χ1v) is 9.51. The van der Waals surface area contributed by atoms with Crippen molar-refractivity contribution in [3.63, 3.8) is 0 Å². The second-order valence-electron chi connectivity index (χ2n) is 6.06. The Morgan fingerprint density at radius 1 is 1.42 bits per heavy atom. The zero-order valence-electron chi connectivity index (χ0n) is 13.3. The highest BCUT2D eigenvalue weighted by molar-refractivity contribution is 8.06. The SMILES string of the molecule is CN1CC2=C(OC(N)=C(C#N)C2c2cccs2)/C(=C2\CC=CS2)C1. The van der Waals surface area contributed by atoms with E-state index in [4.69, 9.17) is 10.5 Å². The molecule has 4 heterocycles. The maximum atomic E-state index is 9.64. The van der Waals surface area contributed by atoms with Gasteiger partial charge in [-0.25, -0.2) is 0 Å². The molecule has 122 valence electrons. The van der Waals surface area contributed by atoms with E-state index in [2.05, 4.69) is 35.6 Å². The van der Waals surface area contributed by atoms with Crippen LogP contribution in [-0.2, 0) is 4.74 Å². The van der Waals surface area contributed by atoms with Crippen LogP contribution in [0, 0.1) is 11.3 Å². The second-order valence-corrected chi connectivity index (χ2v) is 8.04. The lowest BCUT2D eigenvalue weighted by atomic mass is 9.84. The summed E-state index contributed by atoms with van der Waals surface area (Å²) in [6, 6.07) is 6.36. The molecule has 24 heavy (non-hydrogen) atoms. The standard InChI is InChI=1S/C18H17N3OS2/c1-21-9-12(14-4-2-6-23-14)17-13(10-21)16(15-5-3-7-24-15)11(8-19)18(20)22-17/h2-3,5-7,16H,4,9-10,20H2,1H3/b14-12+. The first kappa shape index (κ1) is 15.6. The third-order valence-electron chi connectivity index (χ3n) is 4.44. The van der Waals surface area contributed by atoms with Gasteiger partial charge in [-0.3, -0.25) is 4.90 Å². The Hall–Kier alpha value is -1.94. The van der Waals surface area contributed by atoms with Crippen molar-refractivity contribution < 1.29 is 4.74 Å². The number of rotatable bonds is 1. The summed E-state index contributed by atoms with van der Waals surface area (Å²) in [4.78, 5) is 4.73. The highest BCUT2D eigenvalue weighted by Crippen LogP contribution is 2.46. The minimum atomic E-state index is -0.100. The minimum Gasteiger partial charge on any atom is -0.440 e. The molecule has 4 rings (SSSR count). The highest BCUT2D eigenvalue weighted by Gasteiger charge is 2.38. The maximum Gasteiger partial charge on any atom is 0.205 e. The Balaban J connectivity index is 1.89. The zero-order chi connectivity index (χ0) is 16.7. The number of ether oxygens (including phenoxy) is 1. The van der Waals surface area contributed by atoms with Gasteiger partial charge in [0.05, 0.1) is 5.92 Å². The van der Waals surface area contributed by atoms with Crippen LogP contribution in [0.5, 0.6) is 0 Å². The molecule has 1 atom stereocenters. The molecule has 0 saturated heterocycles. The number of allylic oxidation sites excluding steroid dienone is 3. The fourth-order valence-electron chi connectivity index (χ4n) is 3.42. The van der Waals surface area contributed by atoms with E-state index in [1.807, 2.05) is 11.4 Å². The van der Waals surface area contributed by atoms with Crippen LogP contribution in [0.2, 0.25) is 0 Å². The monoisotopic (exact) mass is 355 g/mol. The molecule has 0 bridgehead atoms. The van der Waals surface area contributed by atoms with E-state index in [9.17, 15) is 5.26 Å². The summed E-state index contributed by atoms with van der Waals surface area (Å²) in [6.07, 6.45) is 3.10. The van der Waals surface area contributed by atoms with E-state index < -0.39 is 0 Å². The number of thiophene rings is 1. The topological polar surface area (TPSA) is 62.3 Å². The van der Waals surface area contributed by atoms with Crippen molar-refractivity contribution in [2.45, 2.75) is 12.3 Å². The van der Waals surface area contributed by atoms with Crippen LogP contribution in [0.4, 0.5) is 0 Å². The Morgan fingerprint density at radius 3 is 2.96 bits per heavy atom. The van der Waals surface area contributed by atoms with Crippen LogP contribution in [0.25, 0.3) is 0 Å². The van der Waals surface area contributed by atoms with Gasteiger partial charge in [-0.05, 0) is 30.3 Å². The van der Waals surface area contributed by atoms with Gasteiger partial charge in [0, 0.05) is 34.0 Å². The number of nitrogens with two attached hydrogens (primary N) is 1. The summed E-state index contributed by atoms with van der Waals surface area (Å²) < 4.78 is 5.99. The van der Waals surface area contributed by atoms with Crippen LogP contribution in [0.1, 0.15) is 17.2 Å². The lowest BCUT2D eigenvalue weighted by Gasteiger charge is -2.37. The average Bonchev–Trinajstić information content (AvgIpc) is 3.27. The fraction of sp³-hybridized carbons (Fsp3) is 0.278. The fourth-order valence-corrected chi connectivity index (χ4v) is 5.13. The van der Waals surface area contributed by atoms with Crippen LogP contribution in [-0.4, -0.2) is 25.0 Å². The van der Waals surface area contributed by atoms with Gasteiger partial charge < -0.3 is 10.5 Å². The summed E-state index contributed by atoms with van der Waals surface area (Å²) in [5.41, 5.74) is 9.01. The van der Waals surface area contributed by atoms with Crippen molar-refractivity contribution in [2.75, 3.05) is 20.1 Å². The molecule has 4 nitrogen and oxygen atoms in total. The molecule has 0 amide bonds. The number of hydrogen-bond donors (Lipinski definition) is 1. The van der Waals surface area contributed by atoms with Gasteiger partial charge in [-0.1, -0.05) is 12.1 Å². The molecule has 3 aliphatic heterocycles. The minimum absolute atomic E-state index is 0.100. The lowest BCUT2D eigenvalue weighted by Crippen LogP contribution is -2.36. The van der Waals surface area contributed by atoms with Crippen LogP contribution in [0.15, 0.2) is 62.3 Å². The largest absolute Gasteiger partial charge is 0.440 e. The highest BCUT2D eigenvalue weighted by atomic mass is 32.2. The predicted molar refractivity (Wildman–Crippen MR) is 97.9 cm³/mol. The van der Waals surface area contributed by atoms with Crippen molar-refractivity contribution in [3.8, 4) is 6.07 Å². The summed E-state index contributed by atoms with van der Waals surface area (Å²) >= 11 is 3.41. The number of likely N-dealkylation sites (N-methyl/N-ethyl adjacent to an activating group) is 1. The normalized spacial score (nSPS) is 27.2. The van der Waals surface area contributed by atoms with Gasteiger partial charge in [0.25, 0.3) is 0 Å². The molecule has 1 aromatic heterocycles. The van der Waals surface area contributed by atoms with E-state index in [1.54, 1.807) is 23.1 Å². The van der Waals surface area contributed by atoms with Gasteiger partial charge in [-0.15, -0.1) is 23.1 Å². The Kier molecular flexibility index (Phi) is 4.01. The lowest BCUT2D eigenvalue weighted by molar-refractivity contribution is 0.250. The number of nitriles is 1. The maximum absolute atomic E-state index is 9.64. The quantitative estimate of drug-likeness (QED) is 0.833. The smallest absolute Gasteiger partial charge is 0.205 e. The first-order chi connectivity index (χ1) is 11.7. The van der Waals surface area contributed by atoms with Gasteiger partial charge in [0.15, 0.2) is 0 Å². The molecule has 3 aliphatic rings. The third-order valence-corrected chi connectivity index (χ3v) is 6.41. The van der Waals surface area contributed by atoms with Crippen molar-refractivity contribution in [1.29, 1.82) is 5.26 Å². The summed E-state index contributed by atoms with van der Waals surface area (Å²) in [6.45, 7) is 1.63. The Morgan fingerprint density at radius 2 is 2.29 bits per heavy atom. The molecule has 2 N–H and O–H groups in total. The summed E-state index contributed by atoms with van der Waals surface area (Å²) in [5.74, 6) is 1.03. The molecule has 0 spiro atoms. The van der Waals surface area contributed by atoms with Gasteiger partial charge >= 0.3 is 0 Å². The molecule has 0 saturated carbocycles. The van der Waals surface area contributed by atoms with Crippen LogP contribution >= 0.6 is 23.1 Å². The third kappa shape index (κ3) is 2.49.